The zero-order valence-corrected chi connectivity index (χ0v) is 19.0. The summed E-state index contributed by atoms with van der Waals surface area (Å²) in [7, 11) is -1.94. The van der Waals surface area contributed by atoms with E-state index in [1.807, 2.05) is 0 Å². The van der Waals surface area contributed by atoms with E-state index >= 15 is 0 Å². The van der Waals surface area contributed by atoms with Gasteiger partial charge in [0.15, 0.2) is 11.6 Å². The van der Waals surface area contributed by atoms with Gasteiger partial charge in [-0.25, -0.2) is 21.9 Å². The van der Waals surface area contributed by atoms with Crippen molar-refractivity contribution in [3.63, 3.8) is 0 Å². The molecule has 2 aliphatic heterocycles. The van der Waals surface area contributed by atoms with Crippen LogP contribution in [0.1, 0.15) is 19.3 Å². The standard InChI is InChI=1S/C23H26F2N2O5S/c1-31-22-12-20(25)19(24)11-18(22)16-4-6-17(7-5-16)32-14-15-3-2-9-27(13-15)23(28)21-8-10-33(29,30)26-21/h4-7,11-12,15,21,26H,2-3,8-10,13-14H2,1H3. The van der Waals surface area contributed by atoms with Gasteiger partial charge in [0.25, 0.3) is 0 Å². The summed E-state index contributed by atoms with van der Waals surface area (Å²) in [6.45, 7) is 1.54. The van der Waals surface area contributed by atoms with Crippen LogP contribution in [0, 0.1) is 17.6 Å². The Hall–Kier alpha value is -2.72. The molecule has 0 bridgehead atoms. The van der Waals surface area contributed by atoms with E-state index in [2.05, 4.69) is 4.72 Å². The van der Waals surface area contributed by atoms with E-state index in [1.165, 1.54) is 7.11 Å². The molecule has 2 aliphatic rings. The topological polar surface area (TPSA) is 84.9 Å². The first-order chi connectivity index (χ1) is 15.8. The number of sulfonamides is 1. The Morgan fingerprint density at radius 2 is 1.88 bits per heavy atom. The summed E-state index contributed by atoms with van der Waals surface area (Å²) in [5.74, 6) is -1.13. The Kier molecular flexibility index (Phi) is 6.85. The normalized spacial score (nSPS) is 22.2. The number of likely N-dealkylation sites (tertiary alicyclic amines) is 1. The van der Waals surface area contributed by atoms with Crippen LogP contribution in [0.5, 0.6) is 11.5 Å². The quantitative estimate of drug-likeness (QED) is 0.687. The van der Waals surface area contributed by atoms with Crippen LogP contribution in [-0.2, 0) is 14.8 Å². The molecule has 2 aromatic carbocycles. The van der Waals surface area contributed by atoms with Gasteiger partial charge in [-0.05, 0) is 43.0 Å². The van der Waals surface area contributed by atoms with E-state index in [-0.39, 0.29) is 23.3 Å². The van der Waals surface area contributed by atoms with Gasteiger partial charge in [-0.15, -0.1) is 0 Å². The third kappa shape index (κ3) is 5.44. The van der Waals surface area contributed by atoms with Crippen LogP contribution in [-0.4, -0.2) is 57.8 Å². The molecule has 4 rings (SSSR count). The molecule has 0 saturated carbocycles. The Labute approximate surface area is 191 Å². The van der Waals surface area contributed by atoms with Gasteiger partial charge in [0.05, 0.1) is 19.5 Å². The van der Waals surface area contributed by atoms with Crippen molar-refractivity contribution < 1.29 is 31.5 Å². The number of benzene rings is 2. The molecule has 7 nitrogen and oxygen atoms in total. The highest BCUT2D eigenvalue weighted by atomic mass is 32.2. The first-order valence-corrected chi connectivity index (χ1v) is 12.5. The van der Waals surface area contributed by atoms with Gasteiger partial charge in [-0.2, -0.15) is 0 Å². The first kappa shape index (κ1) is 23.4. The fourth-order valence-electron chi connectivity index (χ4n) is 4.27. The molecule has 33 heavy (non-hydrogen) atoms. The van der Waals surface area contributed by atoms with Crippen molar-refractivity contribution in [2.24, 2.45) is 5.92 Å². The number of carbonyl (C=O) groups is 1. The Bertz CT molecular complexity index is 1120. The summed E-state index contributed by atoms with van der Waals surface area (Å²) in [6.07, 6.45) is 2.03. The molecule has 0 radical (unpaired) electrons. The van der Waals surface area contributed by atoms with Crippen molar-refractivity contribution >= 4 is 15.9 Å². The minimum Gasteiger partial charge on any atom is -0.496 e. The van der Waals surface area contributed by atoms with E-state index in [1.54, 1.807) is 29.2 Å². The number of amides is 1. The Morgan fingerprint density at radius 1 is 1.15 bits per heavy atom. The number of hydrogen-bond acceptors (Lipinski definition) is 5. The summed E-state index contributed by atoms with van der Waals surface area (Å²) >= 11 is 0. The molecule has 2 saturated heterocycles. The molecule has 2 atom stereocenters. The van der Waals surface area contributed by atoms with Gasteiger partial charge in [-0.3, -0.25) is 4.79 Å². The second kappa shape index (κ2) is 9.64. The second-order valence-electron chi connectivity index (χ2n) is 8.37. The Morgan fingerprint density at radius 3 is 2.55 bits per heavy atom. The molecule has 2 aromatic rings. The maximum atomic E-state index is 13.7. The predicted molar refractivity (Wildman–Crippen MR) is 118 cm³/mol. The number of carbonyl (C=O) groups excluding carboxylic acids is 1. The molecule has 0 spiro atoms. The third-order valence-electron chi connectivity index (χ3n) is 6.02. The summed E-state index contributed by atoms with van der Waals surface area (Å²) < 4.78 is 63.8. The minimum atomic E-state index is -3.34. The first-order valence-electron chi connectivity index (χ1n) is 10.8. The lowest BCUT2D eigenvalue weighted by atomic mass is 9.98. The molecule has 2 unspecified atom stereocenters. The number of nitrogens with one attached hydrogen (secondary N) is 1. The fourth-order valence-corrected chi connectivity index (χ4v) is 5.59. The van der Waals surface area contributed by atoms with Crippen LogP contribution >= 0.6 is 0 Å². The van der Waals surface area contributed by atoms with Gasteiger partial charge in [0.2, 0.25) is 15.9 Å². The molecule has 178 valence electrons. The molecular formula is C23H26F2N2O5S. The van der Waals surface area contributed by atoms with Crippen LogP contribution in [0.25, 0.3) is 11.1 Å². The molecule has 1 N–H and O–H groups in total. The summed E-state index contributed by atoms with van der Waals surface area (Å²) in [6, 6.07) is 8.42. The highest BCUT2D eigenvalue weighted by Crippen LogP contribution is 2.33. The van der Waals surface area contributed by atoms with Crippen molar-refractivity contribution in [2.75, 3.05) is 32.6 Å². The number of rotatable bonds is 6. The van der Waals surface area contributed by atoms with E-state index in [0.29, 0.717) is 43.0 Å². The number of ether oxygens (including phenoxy) is 2. The SMILES string of the molecule is COc1cc(F)c(F)cc1-c1ccc(OCC2CCCN(C(=O)C3CCS(=O)(=O)N3)C2)cc1. The van der Waals surface area contributed by atoms with Crippen molar-refractivity contribution in [1.29, 1.82) is 0 Å². The van der Waals surface area contributed by atoms with Gasteiger partial charge in [-0.1, -0.05) is 12.1 Å². The molecule has 0 aromatic heterocycles. The number of piperidine rings is 1. The minimum absolute atomic E-state index is 0.0176. The lowest BCUT2D eigenvalue weighted by molar-refractivity contribution is -0.134. The number of nitrogens with zero attached hydrogens (tertiary/aromatic N) is 1. The largest absolute Gasteiger partial charge is 0.496 e. The van der Waals surface area contributed by atoms with E-state index in [9.17, 15) is 22.0 Å². The summed E-state index contributed by atoms with van der Waals surface area (Å²) in [5, 5.41) is 0. The number of methoxy groups -OCH3 is 1. The number of halogens is 2. The summed E-state index contributed by atoms with van der Waals surface area (Å²) in [5.41, 5.74) is 1.10. The molecule has 0 aliphatic carbocycles. The van der Waals surface area contributed by atoms with Crippen LogP contribution < -0.4 is 14.2 Å². The van der Waals surface area contributed by atoms with Gasteiger partial charge < -0.3 is 14.4 Å². The Balaban J connectivity index is 1.35. The van der Waals surface area contributed by atoms with Gasteiger partial charge in [0.1, 0.15) is 17.5 Å². The summed E-state index contributed by atoms with van der Waals surface area (Å²) in [4.78, 5) is 14.4. The highest BCUT2D eigenvalue weighted by molar-refractivity contribution is 7.89. The molecule has 2 heterocycles. The molecular weight excluding hydrogens is 454 g/mol. The van der Waals surface area contributed by atoms with Crippen molar-refractivity contribution in [3.05, 3.63) is 48.0 Å². The van der Waals surface area contributed by atoms with Crippen molar-refractivity contribution in [3.8, 4) is 22.6 Å². The zero-order chi connectivity index (χ0) is 23.6. The molecule has 10 heteroatoms. The van der Waals surface area contributed by atoms with Crippen molar-refractivity contribution in [1.82, 2.24) is 9.62 Å². The average Bonchev–Trinajstić information content (AvgIpc) is 3.19. The van der Waals surface area contributed by atoms with Crippen LogP contribution in [0.15, 0.2) is 36.4 Å². The smallest absolute Gasteiger partial charge is 0.240 e. The highest BCUT2D eigenvalue weighted by Gasteiger charge is 2.36. The lowest BCUT2D eigenvalue weighted by Gasteiger charge is -2.34. The maximum Gasteiger partial charge on any atom is 0.240 e. The number of hydrogen-bond donors (Lipinski definition) is 1. The van der Waals surface area contributed by atoms with Crippen LogP contribution in [0.4, 0.5) is 8.78 Å². The second-order valence-corrected chi connectivity index (χ2v) is 10.2. The molecule has 1 amide bonds. The zero-order valence-electron chi connectivity index (χ0n) is 18.2. The third-order valence-corrected chi connectivity index (χ3v) is 7.44. The van der Waals surface area contributed by atoms with Gasteiger partial charge in [0, 0.05) is 30.6 Å². The average molecular weight is 481 g/mol. The van der Waals surface area contributed by atoms with E-state index in [4.69, 9.17) is 9.47 Å². The van der Waals surface area contributed by atoms with E-state index < -0.39 is 27.7 Å². The van der Waals surface area contributed by atoms with Gasteiger partial charge >= 0.3 is 0 Å². The van der Waals surface area contributed by atoms with Crippen molar-refractivity contribution in [2.45, 2.75) is 25.3 Å². The van der Waals surface area contributed by atoms with Crippen LogP contribution in [0.3, 0.4) is 0 Å². The molecule has 2 fully saturated rings. The lowest BCUT2D eigenvalue weighted by Crippen LogP contribution is -2.49. The maximum absolute atomic E-state index is 13.7. The fraction of sp³-hybridized carbons (Fsp3) is 0.435. The monoisotopic (exact) mass is 480 g/mol. The van der Waals surface area contributed by atoms with E-state index in [0.717, 1.165) is 25.0 Å². The predicted octanol–water partition coefficient (Wildman–Crippen LogP) is 2.95. The van der Waals surface area contributed by atoms with Crippen LogP contribution in [0.2, 0.25) is 0 Å².